The number of alkyl halides is 2. The monoisotopic (exact) mass is 320 g/mol. The van der Waals surface area contributed by atoms with Crippen molar-refractivity contribution >= 4 is 23.2 Å². The normalized spacial score (nSPS) is 11.6. The number of hydrogen-bond acceptors (Lipinski definition) is 0. The smallest absolute Gasteiger partial charge is 0.0297 e. The van der Waals surface area contributed by atoms with Crippen molar-refractivity contribution in [1.29, 1.82) is 0 Å². The van der Waals surface area contributed by atoms with Crippen molar-refractivity contribution in [3.63, 3.8) is 0 Å². The molecule has 2 aromatic rings. The number of aryl methyl sites for hydroxylation is 2. The van der Waals surface area contributed by atoms with E-state index in [0.29, 0.717) is 11.8 Å². The fourth-order valence-electron chi connectivity index (χ4n) is 2.92. The summed E-state index contributed by atoms with van der Waals surface area (Å²) in [5.74, 6) is 1.14. The molecule has 2 rings (SSSR count). The lowest BCUT2D eigenvalue weighted by atomic mass is 9.79. The topological polar surface area (TPSA) is 0 Å². The number of rotatable bonds is 6. The van der Waals surface area contributed by atoms with Crippen molar-refractivity contribution in [2.45, 2.75) is 26.7 Å². The minimum Gasteiger partial charge on any atom is -0.126 e. The molecule has 0 N–H and O–H groups in total. The van der Waals surface area contributed by atoms with Gasteiger partial charge in [-0.2, -0.15) is 0 Å². The summed E-state index contributed by atoms with van der Waals surface area (Å²) in [4.78, 5) is 0. The van der Waals surface area contributed by atoms with Crippen LogP contribution in [0.5, 0.6) is 0 Å². The number of halogens is 2. The summed E-state index contributed by atoms with van der Waals surface area (Å²) in [5.41, 5.74) is 5.11. The summed E-state index contributed by atoms with van der Waals surface area (Å²) in [5, 5.41) is 0. The molecule has 0 radical (unpaired) electrons. The van der Waals surface area contributed by atoms with Gasteiger partial charge in [0.05, 0.1) is 0 Å². The third-order valence-corrected chi connectivity index (χ3v) is 4.98. The summed E-state index contributed by atoms with van der Waals surface area (Å²) in [6.45, 7) is 4.27. The molecule has 0 aliphatic heterocycles. The molecule has 0 saturated carbocycles. The molecule has 0 heterocycles. The molecule has 112 valence electrons. The van der Waals surface area contributed by atoms with Gasteiger partial charge in [0.1, 0.15) is 0 Å². The van der Waals surface area contributed by atoms with E-state index in [2.05, 4.69) is 56.3 Å². The zero-order valence-electron chi connectivity index (χ0n) is 12.7. The molecule has 0 aliphatic carbocycles. The second-order valence-corrected chi connectivity index (χ2v) is 6.64. The molecule has 0 unspecified atom stereocenters. The Kier molecular flexibility index (Phi) is 5.72. The Morgan fingerprint density at radius 1 is 0.762 bits per heavy atom. The molecule has 0 nitrogen and oxygen atoms in total. The summed E-state index contributed by atoms with van der Waals surface area (Å²) in [6.07, 6.45) is 1.82. The predicted octanol–water partition coefficient (Wildman–Crippen LogP) is 5.55. The van der Waals surface area contributed by atoms with Crippen LogP contribution in [0.4, 0.5) is 0 Å². The first-order valence-electron chi connectivity index (χ1n) is 7.30. The van der Waals surface area contributed by atoms with Gasteiger partial charge in [-0.15, -0.1) is 23.2 Å². The van der Waals surface area contributed by atoms with E-state index in [0.717, 1.165) is 12.8 Å². The van der Waals surface area contributed by atoms with Gasteiger partial charge in [-0.3, -0.25) is 0 Å². The van der Waals surface area contributed by atoms with E-state index in [-0.39, 0.29) is 5.41 Å². The third kappa shape index (κ3) is 4.49. The predicted molar refractivity (Wildman–Crippen MR) is 93.6 cm³/mol. The molecule has 0 amide bonds. The van der Waals surface area contributed by atoms with E-state index < -0.39 is 0 Å². The van der Waals surface area contributed by atoms with Gasteiger partial charge < -0.3 is 0 Å². The van der Waals surface area contributed by atoms with Gasteiger partial charge in [0.15, 0.2) is 0 Å². The maximum Gasteiger partial charge on any atom is 0.0297 e. The van der Waals surface area contributed by atoms with Gasteiger partial charge in [-0.1, -0.05) is 59.7 Å². The molecule has 0 saturated heterocycles. The quantitative estimate of drug-likeness (QED) is 0.612. The molecule has 2 aromatic carbocycles. The minimum absolute atomic E-state index is 0.0926. The van der Waals surface area contributed by atoms with E-state index in [1.54, 1.807) is 0 Å². The number of benzene rings is 2. The first-order chi connectivity index (χ1) is 10.1. The summed E-state index contributed by atoms with van der Waals surface area (Å²) >= 11 is 12.6. The molecule has 0 aliphatic rings. The van der Waals surface area contributed by atoms with Crippen LogP contribution in [0.25, 0.3) is 0 Å². The Bertz CT molecular complexity index is 551. The Hall–Kier alpha value is -0.980. The average Bonchev–Trinajstić information content (AvgIpc) is 2.46. The molecule has 2 heteroatoms. The SMILES string of the molecule is Cc1cc(C)cc(CC(CCl)(CCl)Cc2ccccc2)c1. The zero-order valence-corrected chi connectivity index (χ0v) is 14.2. The van der Waals surface area contributed by atoms with Gasteiger partial charge in [0.2, 0.25) is 0 Å². The molecule has 21 heavy (non-hydrogen) atoms. The molecule has 0 atom stereocenters. The van der Waals surface area contributed by atoms with E-state index in [4.69, 9.17) is 23.2 Å². The second-order valence-electron chi connectivity index (χ2n) is 6.10. The van der Waals surface area contributed by atoms with Crippen LogP contribution in [0, 0.1) is 19.3 Å². The third-order valence-electron chi connectivity index (χ3n) is 3.85. The molecule has 0 fully saturated rings. The van der Waals surface area contributed by atoms with Gasteiger partial charge in [0.25, 0.3) is 0 Å². The lowest BCUT2D eigenvalue weighted by molar-refractivity contribution is 0.374. The van der Waals surface area contributed by atoms with Crippen molar-refractivity contribution in [1.82, 2.24) is 0 Å². The van der Waals surface area contributed by atoms with Gasteiger partial charge in [-0.25, -0.2) is 0 Å². The summed E-state index contributed by atoms with van der Waals surface area (Å²) in [7, 11) is 0. The van der Waals surface area contributed by atoms with Crippen LogP contribution in [0.3, 0.4) is 0 Å². The summed E-state index contributed by atoms with van der Waals surface area (Å²) < 4.78 is 0. The van der Waals surface area contributed by atoms with E-state index >= 15 is 0 Å². The Labute approximate surface area is 138 Å². The Balaban J connectivity index is 2.25. The molecular formula is C19H22Cl2. The molecular weight excluding hydrogens is 299 g/mol. The van der Waals surface area contributed by atoms with Gasteiger partial charge in [-0.05, 0) is 37.8 Å². The van der Waals surface area contributed by atoms with Crippen molar-refractivity contribution in [2.24, 2.45) is 5.41 Å². The van der Waals surface area contributed by atoms with E-state index in [9.17, 15) is 0 Å². The van der Waals surface area contributed by atoms with Crippen molar-refractivity contribution in [3.05, 3.63) is 70.8 Å². The van der Waals surface area contributed by atoms with Crippen molar-refractivity contribution in [2.75, 3.05) is 11.8 Å². The maximum absolute atomic E-state index is 6.32. The lowest BCUT2D eigenvalue weighted by Crippen LogP contribution is -2.31. The van der Waals surface area contributed by atoms with Crippen LogP contribution in [-0.2, 0) is 12.8 Å². The molecule has 0 spiro atoms. The lowest BCUT2D eigenvalue weighted by Gasteiger charge is -2.30. The Morgan fingerprint density at radius 2 is 1.29 bits per heavy atom. The molecule has 0 aromatic heterocycles. The minimum atomic E-state index is -0.0926. The fraction of sp³-hybridized carbons (Fsp3) is 0.368. The highest BCUT2D eigenvalue weighted by Crippen LogP contribution is 2.31. The van der Waals surface area contributed by atoms with Crippen molar-refractivity contribution in [3.8, 4) is 0 Å². The van der Waals surface area contributed by atoms with E-state index in [1.807, 2.05) is 6.07 Å². The second kappa shape index (κ2) is 7.33. The first kappa shape index (κ1) is 16.4. The summed E-state index contributed by atoms with van der Waals surface area (Å²) in [6, 6.07) is 17.2. The van der Waals surface area contributed by atoms with Crippen molar-refractivity contribution < 1.29 is 0 Å². The van der Waals surface area contributed by atoms with Gasteiger partial charge >= 0.3 is 0 Å². The van der Waals surface area contributed by atoms with Crippen LogP contribution in [-0.4, -0.2) is 11.8 Å². The van der Waals surface area contributed by atoms with Crippen LogP contribution < -0.4 is 0 Å². The van der Waals surface area contributed by atoms with Crippen LogP contribution >= 0.6 is 23.2 Å². The standard InChI is InChI=1S/C19H22Cl2/c1-15-8-16(2)10-18(9-15)12-19(13-20,14-21)11-17-6-4-3-5-7-17/h3-10H,11-14H2,1-2H3. The van der Waals surface area contributed by atoms with Crippen LogP contribution in [0.1, 0.15) is 22.3 Å². The fourth-order valence-corrected chi connectivity index (χ4v) is 3.58. The van der Waals surface area contributed by atoms with Crippen LogP contribution in [0.15, 0.2) is 48.5 Å². The van der Waals surface area contributed by atoms with Gasteiger partial charge in [0, 0.05) is 17.2 Å². The average molecular weight is 321 g/mol. The molecule has 0 bridgehead atoms. The van der Waals surface area contributed by atoms with E-state index in [1.165, 1.54) is 22.3 Å². The highest BCUT2D eigenvalue weighted by Gasteiger charge is 2.29. The zero-order chi connectivity index (χ0) is 15.3. The highest BCUT2D eigenvalue weighted by atomic mass is 35.5. The largest absolute Gasteiger partial charge is 0.126 e. The number of hydrogen-bond donors (Lipinski definition) is 0. The van der Waals surface area contributed by atoms with Crippen LogP contribution in [0.2, 0.25) is 0 Å². The first-order valence-corrected chi connectivity index (χ1v) is 8.37. The Morgan fingerprint density at radius 3 is 1.81 bits per heavy atom. The highest BCUT2D eigenvalue weighted by molar-refractivity contribution is 6.21. The maximum atomic E-state index is 6.32.